The second-order valence-corrected chi connectivity index (χ2v) is 7.01. The average molecular weight is 400 g/mol. The lowest BCUT2D eigenvalue weighted by molar-refractivity contribution is -0.118. The van der Waals surface area contributed by atoms with Crippen LogP contribution in [0.4, 0.5) is 5.69 Å². The summed E-state index contributed by atoms with van der Waals surface area (Å²) < 4.78 is 0. The van der Waals surface area contributed by atoms with Gasteiger partial charge in [0.05, 0.1) is 5.69 Å². The second-order valence-electron chi connectivity index (χ2n) is 6.13. The molecule has 6 heteroatoms. The van der Waals surface area contributed by atoms with Gasteiger partial charge in [-0.05, 0) is 42.8 Å². The van der Waals surface area contributed by atoms with Crippen molar-refractivity contribution in [2.75, 3.05) is 5.32 Å². The van der Waals surface area contributed by atoms with Crippen LogP contribution in [0.1, 0.15) is 30.3 Å². The first kappa shape index (κ1) is 19.4. The number of aromatic nitrogens is 1. The Labute approximate surface area is 168 Å². The van der Waals surface area contributed by atoms with Crippen LogP contribution in [-0.2, 0) is 4.79 Å². The van der Waals surface area contributed by atoms with Gasteiger partial charge in [0.25, 0.3) is 0 Å². The molecule has 0 aliphatic heterocycles. The second kappa shape index (κ2) is 9.00. The van der Waals surface area contributed by atoms with Gasteiger partial charge in [0.1, 0.15) is 6.04 Å². The number of anilines is 1. The zero-order valence-electron chi connectivity index (χ0n) is 14.7. The van der Waals surface area contributed by atoms with Crippen molar-refractivity contribution >= 4 is 34.8 Å². The van der Waals surface area contributed by atoms with Crippen LogP contribution in [0.2, 0.25) is 10.0 Å². The van der Waals surface area contributed by atoms with Crippen LogP contribution in [-0.4, -0.2) is 10.9 Å². The molecule has 0 bridgehead atoms. The van der Waals surface area contributed by atoms with E-state index in [0.717, 1.165) is 11.3 Å². The van der Waals surface area contributed by atoms with Crippen molar-refractivity contribution < 1.29 is 4.79 Å². The number of carbonyl (C=O) groups excluding carboxylic acids is 1. The van der Waals surface area contributed by atoms with Crippen molar-refractivity contribution in [2.24, 2.45) is 0 Å². The van der Waals surface area contributed by atoms with Gasteiger partial charge >= 0.3 is 0 Å². The molecule has 2 unspecified atom stereocenters. The van der Waals surface area contributed by atoms with E-state index in [-0.39, 0.29) is 11.9 Å². The molecule has 3 aromatic rings. The van der Waals surface area contributed by atoms with E-state index in [2.05, 4.69) is 15.6 Å². The number of rotatable bonds is 6. The number of benzene rings is 2. The highest BCUT2D eigenvalue weighted by Crippen LogP contribution is 2.25. The molecule has 2 aromatic carbocycles. The van der Waals surface area contributed by atoms with Crippen LogP contribution in [0, 0.1) is 0 Å². The molecule has 0 aliphatic rings. The first-order valence-corrected chi connectivity index (χ1v) is 9.27. The third kappa shape index (κ3) is 5.30. The standard InChI is InChI=1S/C21H19Cl2N3O/c1-14(19-9-5-6-10-24-19)25-20(15-7-3-2-4-8-15)21(27)26-18-12-16(22)11-17(23)13-18/h2-14,20,25H,1H3,(H,26,27). The fourth-order valence-electron chi connectivity index (χ4n) is 2.78. The predicted octanol–water partition coefficient (Wildman–Crippen LogP) is 5.42. The van der Waals surface area contributed by atoms with E-state index >= 15 is 0 Å². The van der Waals surface area contributed by atoms with Gasteiger partial charge in [-0.15, -0.1) is 0 Å². The number of carbonyl (C=O) groups is 1. The summed E-state index contributed by atoms with van der Waals surface area (Å²) in [4.78, 5) is 17.4. The molecule has 1 amide bonds. The summed E-state index contributed by atoms with van der Waals surface area (Å²) >= 11 is 12.1. The molecule has 0 radical (unpaired) electrons. The van der Waals surface area contributed by atoms with E-state index < -0.39 is 6.04 Å². The molecule has 0 saturated carbocycles. The minimum atomic E-state index is -0.569. The van der Waals surface area contributed by atoms with Gasteiger partial charge in [-0.2, -0.15) is 0 Å². The topological polar surface area (TPSA) is 54.0 Å². The maximum Gasteiger partial charge on any atom is 0.246 e. The molecule has 2 atom stereocenters. The fourth-order valence-corrected chi connectivity index (χ4v) is 3.30. The highest BCUT2D eigenvalue weighted by atomic mass is 35.5. The van der Waals surface area contributed by atoms with E-state index in [1.54, 1.807) is 24.4 Å². The molecular formula is C21H19Cl2N3O. The van der Waals surface area contributed by atoms with Crippen LogP contribution in [0.3, 0.4) is 0 Å². The molecule has 4 nitrogen and oxygen atoms in total. The Morgan fingerprint density at radius 3 is 2.26 bits per heavy atom. The summed E-state index contributed by atoms with van der Waals surface area (Å²) in [7, 11) is 0. The third-order valence-corrected chi connectivity index (χ3v) is 4.51. The van der Waals surface area contributed by atoms with Gasteiger partial charge in [-0.3, -0.25) is 15.1 Å². The summed E-state index contributed by atoms with van der Waals surface area (Å²) in [6.07, 6.45) is 1.74. The normalized spacial score (nSPS) is 13.0. The number of hydrogen-bond acceptors (Lipinski definition) is 3. The van der Waals surface area contributed by atoms with Crippen LogP contribution in [0.15, 0.2) is 72.9 Å². The van der Waals surface area contributed by atoms with E-state index in [9.17, 15) is 4.79 Å². The van der Waals surface area contributed by atoms with Gasteiger partial charge in [0.2, 0.25) is 5.91 Å². The molecule has 138 valence electrons. The van der Waals surface area contributed by atoms with Crippen LogP contribution in [0.25, 0.3) is 0 Å². The van der Waals surface area contributed by atoms with E-state index in [0.29, 0.717) is 15.7 Å². The minimum absolute atomic E-state index is 0.120. The Kier molecular flexibility index (Phi) is 6.45. The Balaban J connectivity index is 1.84. The lowest BCUT2D eigenvalue weighted by atomic mass is 10.0. The summed E-state index contributed by atoms with van der Waals surface area (Å²) in [6, 6.07) is 19.5. The van der Waals surface area contributed by atoms with Crippen LogP contribution in [0.5, 0.6) is 0 Å². The maximum atomic E-state index is 13.0. The lowest BCUT2D eigenvalue weighted by Gasteiger charge is -2.23. The number of pyridine rings is 1. The SMILES string of the molecule is CC(NC(C(=O)Nc1cc(Cl)cc(Cl)c1)c1ccccc1)c1ccccn1. The van der Waals surface area contributed by atoms with E-state index in [4.69, 9.17) is 23.2 Å². The van der Waals surface area contributed by atoms with Crippen LogP contribution >= 0.6 is 23.2 Å². The Morgan fingerprint density at radius 1 is 0.963 bits per heavy atom. The van der Waals surface area contributed by atoms with E-state index in [1.165, 1.54) is 0 Å². The minimum Gasteiger partial charge on any atom is -0.324 e. The Morgan fingerprint density at radius 2 is 1.63 bits per heavy atom. The molecule has 2 N–H and O–H groups in total. The number of nitrogens with one attached hydrogen (secondary N) is 2. The molecule has 3 rings (SSSR count). The van der Waals surface area contributed by atoms with Gasteiger partial charge in [-0.1, -0.05) is 59.6 Å². The molecule has 0 fully saturated rings. The number of halogens is 2. The van der Waals surface area contributed by atoms with Gasteiger partial charge < -0.3 is 5.32 Å². The Bertz CT molecular complexity index is 884. The molecular weight excluding hydrogens is 381 g/mol. The predicted molar refractivity (Wildman–Crippen MR) is 110 cm³/mol. The van der Waals surface area contributed by atoms with Crippen molar-refractivity contribution in [3.05, 3.63) is 94.2 Å². The molecule has 0 spiro atoms. The smallest absolute Gasteiger partial charge is 0.246 e. The fraction of sp³-hybridized carbons (Fsp3) is 0.143. The van der Waals surface area contributed by atoms with Gasteiger partial charge in [0, 0.05) is 28.0 Å². The lowest BCUT2D eigenvalue weighted by Crippen LogP contribution is -2.35. The molecule has 27 heavy (non-hydrogen) atoms. The Hall–Kier alpha value is -2.40. The molecule has 0 saturated heterocycles. The number of nitrogens with zero attached hydrogens (tertiary/aromatic N) is 1. The monoisotopic (exact) mass is 399 g/mol. The zero-order valence-corrected chi connectivity index (χ0v) is 16.2. The highest BCUT2D eigenvalue weighted by molar-refractivity contribution is 6.35. The average Bonchev–Trinajstić information content (AvgIpc) is 2.66. The third-order valence-electron chi connectivity index (χ3n) is 4.07. The van der Waals surface area contributed by atoms with E-state index in [1.807, 2.05) is 55.5 Å². The molecule has 1 heterocycles. The summed E-state index contributed by atoms with van der Waals surface area (Å²) in [5, 5.41) is 7.17. The van der Waals surface area contributed by atoms with Crippen molar-refractivity contribution in [3.63, 3.8) is 0 Å². The van der Waals surface area contributed by atoms with Crippen molar-refractivity contribution in [2.45, 2.75) is 19.0 Å². The van der Waals surface area contributed by atoms with Crippen molar-refractivity contribution in [1.82, 2.24) is 10.3 Å². The first-order valence-electron chi connectivity index (χ1n) is 8.52. The molecule has 0 aliphatic carbocycles. The van der Waals surface area contributed by atoms with Gasteiger partial charge in [-0.25, -0.2) is 0 Å². The van der Waals surface area contributed by atoms with Crippen LogP contribution < -0.4 is 10.6 Å². The highest BCUT2D eigenvalue weighted by Gasteiger charge is 2.23. The zero-order chi connectivity index (χ0) is 19.2. The quantitative estimate of drug-likeness (QED) is 0.581. The molecule has 1 aromatic heterocycles. The summed E-state index contributed by atoms with van der Waals surface area (Å²) in [6.45, 7) is 1.97. The first-order chi connectivity index (χ1) is 13.0. The summed E-state index contributed by atoms with van der Waals surface area (Å²) in [5.41, 5.74) is 2.26. The largest absolute Gasteiger partial charge is 0.324 e. The summed E-state index contributed by atoms with van der Waals surface area (Å²) in [5.74, 6) is -0.206. The van der Waals surface area contributed by atoms with Gasteiger partial charge in [0.15, 0.2) is 0 Å². The van der Waals surface area contributed by atoms with Crippen molar-refractivity contribution in [1.29, 1.82) is 0 Å². The maximum absolute atomic E-state index is 13.0. The number of amides is 1. The number of hydrogen-bond donors (Lipinski definition) is 2. The van der Waals surface area contributed by atoms with Crippen molar-refractivity contribution in [3.8, 4) is 0 Å².